The predicted molar refractivity (Wildman–Crippen MR) is 159 cm³/mol. The van der Waals surface area contributed by atoms with Gasteiger partial charge in [-0.25, -0.2) is 9.80 Å². The minimum Gasteiger partial charge on any atom is -0.497 e. The zero-order valence-electron chi connectivity index (χ0n) is 22.1. The minimum absolute atomic E-state index is 0.409. The predicted octanol–water partition coefficient (Wildman–Crippen LogP) is 8.61. The van der Waals surface area contributed by atoms with Crippen LogP contribution in [0, 0.1) is 0 Å². The van der Waals surface area contributed by atoms with Crippen LogP contribution in [0.15, 0.2) is 89.7 Å². The van der Waals surface area contributed by atoms with Gasteiger partial charge in [0.15, 0.2) is 0 Å². The highest BCUT2D eigenvalue weighted by molar-refractivity contribution is 6.35. The van der Waals surface area contributed by atoms with Crippen LogP contribution in [0.3, 0.4) is 0 Å². The fourth-order valence-corrected chi connectivity index (χ4v) is 4.64. The molecule has 0 aliphatic carbocycles. The molecule has 1 aliphatic heterocycles. The van der Waals surface area contributed by atoms with Crippen LogP contribution in [0.1, 0.15) is 36.2 Å². The lowest BCUT2D eigenvalue weighted by Gasteiger charge is -2.28. The smallest absolute Gasteiger partial charge is 0.337 e. The van der Waals surface area contributed by atoms with Crippen LogP contribution in [-0.4, -0.2) is 26.4 Å². The van der Waals surface area contributed by atoms with Crippen molar-refractivity contribution in [3.05, 3.63) is 106 Å². The van der Waals surface area contributed by atoms with Gasteiger partial charge < -0.3 is 14.2 Å². The van der Waals surface area contributed by atoms with Crippen LogP contribution in [0.4, 0.5) is 5.69 Å². The Kier molecular flexibility index (Phi) is 9.12. The van der Waals surface area contributed by atoms with Crippen molar-refractivity contribution in [1.29, 1.82) is 0 Å². The van der Waals surface area contributed by atoms with Gasteiger partial charge in [0.2, 0.25) is 0 Å². The number of nitrogens with zero attached hydrogens (tertiary/aromatic N) is 2. The first kappa shape index (κ1) is 28.0. The van der Waals surface area contributed by atoms with E-state index in [-0.39, 0.29) is 0 Å². The van der Waals surface area contributed by atoms with Gasteiger partial charge >= 0.3 is 5.97 Å². The number of halogens is 2. The molecule has 5 rings (SSSR count). The van der Waals surface area contributed by atoms with Gasteiger partial charge in [-0.2, -0.15) is 5.10 Å². The van der Waals surface area contributed by atoms with Gasteiger partial charge in [-0.15, -0.1) is 0 Å². The molecule has 0 aromatic heterocycles. The quantitative estimate of drug-likeness (QED) is 0.220. The summed E-state index contributed by atoms with van der Waals surface area (Å²) in [6, 6.07) is 24.1. The van der Waals surface area contributed by atoms with Gasteiger partial charge in [0.25, 0.3) is 0 Å². The summed E-state index contributed by atoms with van der Waals surface area (Å²) in [5, 5.41) is 9.49. The molecule has 0 N–H and O–H groups in total. The van der Waals surface area contributed by atoms with Gasteiger partial charge in [0.05, 0.1) is 25.5 Å². The molecule has 0 saturated carbocycles. The first-order valence-corrected chi connectivity index (χ1v) is 13.2. The molecule has 0 fully saturated rings. The molecule has 1 heterocycles. The molecule has 0 bridgehead atoms. The summed E-state index contributed by atoms with van der Waals surface area (Å²) < 4.78 is 16.5. The Morgan fingerprint density at radius 2 is 1.46 bits per heavy atom. The number of hydrogen-bond acceptors (Lipinski definition) is 6. The number of fused-ring (bicyclic) bond motifs is 1. The molecule has 6 nitrogen and oxygen atoms in total. The first-order valence-electron chi connectivity index (χ1n) is 12.4. The molecule has 0 radical (unpaired) electrons. The highest BCUT2D eigenvalue weighted by atomic mass is 35.5. The van der Waals surface area contributed by atoms with Crippen molar-refractivity contribution in [1.82, 2.24) is 0 Å². The van der Waals surface area contributed by atoms with Gasteiger partial charge in [-0.1, -0.05) is 55.2 Å². The SMILES string of the molecule is CC.COC(=O)c1ccc(OC2=C(c3ccc4cc(OC)ccc4c3)N(c3cc(Cl)cc(Cl)c3)N=CC2)cc1. The number of hydrogen-bond donors (Lipinski definition) is 0. The maximum atomic E-state index is 11.8. The molecular formula is C31H28Cl2N2O4. The summed E-state index contributed by atoms with van der Waals surface area (Å²) in [5.41, 5.74) is 2.78. The van der Waals surface area contributed by atoms with Crippen molar-refractivity contribution in [2.75, 3.05) is 19.2 Å². The lowest BCUT2D eigenvalue weighted by molar-refractivity contribution is 0.0600. The van der Waals surface area contributed by atoms with Crippen molar-refractivity contribution in [3.8, 4) is 11.5 Å². The van der Waals surface area contributed by atoms with E-state index in [1.54, 1.807) is 60.8 Å². The van der Waals surface area contributed by atoms with Crippen LogP contribution < -0.4 is 14.5 Å². The Morgan fingerprint density at radius 1 is 0.821 bits per heavy atom. The average Bonchev–Trinajstić information content (AvgIpc) is 2.97. The van der Waals surface area contributed by atoms with Crippen molar-refractivity contribution >= 4 is 57.5 Å². The standard InChI is InChI=1S/C29H22Cl2N2O4.C2H6/c1-35-26-10-7-19-13-21(4-3-20(19)14-26)28-27(37-25-8-5-18(6-9-25)29(34)36-2)11-12-32-33(28)24-16-22(30)15-23(31)17-24;1-2/h3-10,12-17H,11H2,1-2H3;1-2H3. The molecule has 0 spiro atoms. The van der Waals surface area contributed by atoms with Crippen molar-refractivity contribution in [3.63, 3.8) is 0 Å². The molecular weight excluding hydrogens is 535 g/mol. The lowest BCUT2D eigenvalue weighted by Crippen LogP contribution is -2.22. The Labute approximate surface area is 238 Å². The van der Waals surface area contributed by atoms with Crippen LogP contribution in [0.5, 0.6) is 11.5 Å². The topological polar surface area (TPSA) is 60.4 Å². The molecule has 39 heavy (non-hydrogen) atoms. The number of ether oxygens (including phenoxy) is 3. The highest BCUT2D eigenvalue weighted by Gasteiger charge is 2.24. The van der Waals surface area contributed by atoms with E-state index in [9.17, 15) is 4.79 Å². The van der Waals surface area contributed by atoms with Crippen LogP contribution in [0.2, 0.25) is 10.0 Å². The summed E-state index contributed by atoms with van der Waals surface area (Å²) in [6.07, 6.45) is 2.22. The Morgan fingerprint density at radius 3 is 2.13 bits per heavy atom. The molecule has 0 unspecified atom stereocenters. The minimum atomic E-state index is -0.409. The van der Waals surface area contributed by atoms with Gasteiger partial charge in [-0.05, 0) is 71.4 Å². The summed E-state index contributed by atoms with van der Waals surface area (Å²) >= 11 is 12.7. The number of carbonyl (C=O) groups is 1. The molecule has 200 valence electrons. The second-order valence-corrected chi connectivity index (χ2v) is 9.13. The van der Waals surface area contributed by atoms with Crippen LogP contribution in [0.25, 0.3) is 16.5 Å². The molecule has 4 aromatic carbocycles. The molecule has 0 atom stereocenters. The van der Waals surface area contributed by atoms with Gasteiger partial charge in [0, 0.05) is 28.2 Å². The Balaban J connectivity index is 0.00000172. The normalized spacial score (nSPS) is 12.6. The molecule has 1 aliphatic rings. The van der Waals surface area contributed by atoms with E-state index >= 15 is 0 Å². The Hall–Kier alpha value is -4.00. The molecule has 0 saturated heterocycles. The summed E-state index contributed by atoms with van der Waals surface area (Å²) in [5.74, 6) is 1.62. The second kappa shape index (κ2) is 12.7. The summed E-state index contributed by atoms with van der Waals surface area (Å²) in [4.78, 5) is 11.8. The van der Waals surface area contributed by atoms with E-state index in [4.69, 9.17) is 37.4 Å². The zero-order chi connectivity index (χ0) is 27.9. The Bertz CT molecular complexity index is 1530. The van der Waals surface area contributed by atoms with E-state index in [2.05, 4.69) is 11.2 Å². The van der Waals surface area contributed by atoms with E-state index in [1.165, 1.54) is 7.11 Å². The number of carbonyl (C=O) groups excluding carboxylic acids is 1. The number of hydrazone groups is 1. The van der Waals surface area contributed by atoms with Crippen molar-refractivity contribution < 1.29 is 19.0 Å². The van der Waals surface area contributed by atoms with E-state index in [0.29, 0.717) is 39.2 Å². The third-order valence-corrected chi connectivity index (χ3v) is 6.32. The van der Waals surface area contributed by atoms with E-state index < -0.39 is 5.97 Å². The fraction of sp³-hybridized carbons (Fsp3) is 0.161. The number of allylic oxidation sites excluding steroid dienone is 1. The maximum absolute atomic E-state index is 11.8. The fourth-order valence-electron chi connectivity index (χ4n) is 4.13. The number of methoxy groups -OCH3 is 2. The number of anilines is 1. The monoisotopic (exact) mass is 562 g/mol. The average molecular weight is 563 g/mol. The van der Waals surface area contributed by atoms with Crippen LogP contribution >= 0.6 is 23.2 Å². The van der Waals surface area contributed by atoms with E-state index in [0.717, 1.165) is 27.8 Å². The molecule has 8 heteroatoms. The van der Waals surface area contributed by atoms with E-state index in [1.807, 2.05) is 44.2 Å². The number of esters is 1. The lowest BCUT2D eigenvalue weighted by atomic mass is 10.0. The zero-order valence-corrected chi connectivity index (χ0v) is 23.6. The number of rotatable bonds is 6. The third kappa shape index (κ3) is 6.36. The van der Waals surface area contributed by atoms with Crippen molar-refractivity contribution in [2.45, 2.75) is 20.3 Å². The molecule has 4 aromatic rings. The highest BCUT2D eigenvalue weighted by Crippen LogP contribution is 2.37. The summed E-state index contributed by atoms with van der Waals surface area (Å²) in [7, 11) is 3.00. The largest absolute Gasteiger partial charge is 0.497 e. The van der Waals surface area contributed by atoms with Gasteiger partial charge in [0.1, 0.15) is 23.0 Å². The van der Waals surface area contributed by atoms with Crippen molar-refractivity contribution in [2.24, 2.45) is 5.10 Å². The first-order chi connectivity index (χ1) is 18.9. The maximum Gasteiger partial charge on any atom is 0.337 e. The molecule has 0 amide bonds. The van der Waals surface area contributed by atoms with Crippen LogP contribution in [-0.2, 0) is 4.74 Å². The van der Waals surface area contributed by atoms with Gasteiger partial charge in [-0.3, -0.25) is 0 Å². The number of benzene rings is 4. The third-order valence-electron chi connectivity index (χ3n) is 5.88. The second-order valence-electron chi connectivity index (χ2n) is 8.26. The summed E-state index contributed by atoms with van der Waals surface area (Å²) in [6.45, 7) is 4.00.